The van der Waals surface area contributed by atoms with Gasteiger partial charge in [-0.3, -0.25) is 14.9 Å². The molecule has 1 heterocycles. The predicted octanol–water partition coefficient (Wildman–Crippen LogP) is 0.609. The fourth-order valence-electron chi connectivity index (χ4n) is 1.88. The van der Waals surface area contributed by atoms with E-state index >= 15 is 0 Å². The Morgan fingerprint density at radius 3 is 2.74 bits per heavy atom. The Balaban J connectivity index is 2.22. The van der Waals surface area contributed by atoms with Gasteiger partial charge in [-0.05, 0) is 24.6 Å². The summed E-state index contributed by atoms with van der Waals surface area (Å²) >= 11 is 0. The highest BCUT2D eigenvalue weighted by atomic mass is 16.5. The van der Waals surface area contributed by atoms with E-state index in [-0.39, 0.29) is 18.2 Å². The van der Waals surface area contributed by atoms with Gasteiger partial charge in [-0.1, -0.05) is 6.07 Å². The summed E-state index contributed by atoms with van der Waals surface area (Å²) in [5, 5.41) is 5.19. The van der Waals surface area contributed by atoms with Crippen LogP contribution in [0.25, 0.3) is 0 Å². The summed E-state index contributed by atoms with van der Waals surface area (Å²) in [4.78, 5) is 34.1. The number of benzene rings is 1. The number of rotatable bonds is 3. The molecule has 1 aromatic carbocycles. The molecule has 6 heteroatoms. The van der Waals surface area contributed by atoms with E-state index in [1.165, 1.54) is 7.11 Å². The minimum Gasteiger partial charge on any atom is -0.465 e. The van der Waals surface area contributed by atoms with E-state index < -0.39 is 12.0 Å². The van der Waals surface area contributed by atoms with Crippen molar-refractivity contribution in [3.05, 3.63) is 29.3 Å². The number of nitrogens with one attached hydrogen (secondary N) is 2. The summed E-state index contributed by atoms with van der Waals surface area (Å²) in [5.74, 6) is -1.10. The summed E-state index contributed by atoms with van der Waals surface area (Å²) in [5.41, 5.74) is 1.90. The Morgan fingerprint density at radius 1 is 1.42 bits per heavy atom. The molecule has 0 spiro atoms. The topological polar surface area (TPSA) is 84.5 Å². The quantitative estimate of drug-likeness (QED) is 0.616. The van der Waals surface area contributed by atoms with Crippen molar-refractivity contribution < 1.29 is 19.1 Å². The van der Waals surface area contributed by atoms with Crippen LogP contribution in [0.4, 0.5) is 5.69 Å². The summed E-state index contributed by atoms with van der Waals surface area (Å²) in [7, 11) is 1.30. The number of hydrogen-bond acceptors (Lipinski definition) is 5. The molecular formula is C13H14N2O4. The highest BCUT2D eigenvalue weighted by molar-refractivity contribution is 6.06. The number of imide groups is 1. The average molecular weight is 262 g/mol. The number of ether oxygens (including phenoxy) is 1. The molecule has 2 amide bonds. The van der Waals surface area contributed by atoms with E-state index in [0.717, 1.165) is 5.56 Å². The van der Waals surface area contributed by atoms with Crippen molar-refractivity contribution in [2.75, 3.05) is 12.4 Å². The van der Waals surface area contributed by atoms with Crippen molar-refractivity contribution in [1.29, 1.82) is 0 Å². The summed E-state index contributed by atoms with van der Waals surface area (Å²) in [6.45, 7) is 1.85. The van der Waals surface area contributed by atoms with Gasteiger partial charge in [-0.25, -0.2) is 4.79 Å². The second-order valence-corrected chi connectivity index (χ2v) is 4.33. The van der Waals surface area contributed by atoms with Gasteiger partial charge in [0.25, 0.3) is 0 Å². The lowest BCUT2D eigenvalue weighted by atomic mass is 10.1. The molecule has 1 atom stereocenters. The Kier molecular flexibility index (Phi) is 3.50. The second kappa shape index (κ2) is 5.09. The molecule has 2 rings (SSSR count). The molecule has 100 valence electrons. The zero-order valence-electron chi connectivity index (χ0n) is 10.6. The second-order valence-electron chi connectivity index (χ2n) is 4.33. The third-order valence-corrected chi connectivity index (χ3v) is 2.96. The lowest BCUT2D eigenvalue weighted by Gasteiger charge is -2.14. The first kappa shape index (κ1) is 13.1. The van der Waals surface area contributed by atoms with Crippen molar-refractivity contribution in [3.63, 3.8) is 0 Å². The minimum absolute atomic E-state index is 0.0979. The first-order valence-corrected chi connectivity index (χ1v) is 5.80. The molecule has 0 aliphatic carbocycles. The standard InChI is InChI=1S/C13H14N2O4/c1-7-3-4-8(13(18)19-2)5-9(7)14-10-6-11(16)15-12(10)17/h3-5,10,14H,6H2,1-2H3,(H,15,16,17). The number of esters is 1. The number of anilines is 1. The van der Waals surface area contributed by atoms with Crippen LogP contribution in [0, 0.1) is 6.92 Å². The van der Waals surface area contributed by atoms with Crippen LogP contribution in [-0.2, 0) is 14.3 Å². The van der Waals surface area contributed by atoms with Crippen molar-refractivity contribution in [1.82, 2.24) is 5.32 Å². The van der Waals surface area contributed by atoms with Crippen molar-refractivity contribution in [3.8, 4) is 0 Å². The molecule has 6 nitrogen and oxygen atoms in total. The lowest BCUT2D eigenvalue weighted by Crippen LogP contribution is -2.30. The molecule has 1 saturated heterocycles. The zero-order chi connectivity index (χ0) is 14.0. The van der Waals surface area contributed by atoms with Crippen LogP contribution in [0.2, 0.25) is 0 Å². The van der Waals surface area contributed by atoms with Gasteiger partial charge in [0.2, 0.25) is 11.8 Å². The largest absolute Gasteiger partial charge is 0.465 e. The molecule has 1 aliphatic rings. The van der Waals surface area contributed by atoms with Crippen LogP contribution in [0.3, 0.4) is 0 Å². The van der Waals surface area contributed by atoms with E-state index in [2.05, 4.69) is 15.4 Å². The molecule has 0 radical (unpaired) electrons. The predicted molar refractivity (Wildman–Crippen MR) is 67.7 cm³/mol. The first-order valence-electron chi connectivity index (χ1n) is 5.80. The summed E-state index contributed by atoms with van der Waals surface area (Å²) in [6.07, 6.45) is 0.0979. The monoisotopic (exact) mass is 262 g/mol. The minimum atomic E-state index is -0.598. The summed E-state index contributed by atoms with van der Waals surface area (Å²) < 4.78 is 4.64. The van der Waals surface area contributed by atoms with Crippen LogP contribution >= 0.6 is 0 Å². The molecule has 1 fully saturated rings. The SMILES string of the molecule is COC(=O)c1ccc(C)c(NC2CC(=O)NC2=O)c1. The molecule has 0 aromatic heterocycles. The van der Waals surface area contributed by atoms with E-state index in [1.54, 1.807) is 18.2 Å². The first-order chi connectivity index (χ1) is 9.01. The number of methoxy groups -OCH3 is 1. The average Bonchev–Trinajstić information content (AvgIpc) is 2.69. The molecule has 1 aliphatic heterocycles. The molecule has 1 aromatic rings. The number of aryl methyl sites for hydroxylation is 1. The summed E-state index contributed by atoms with van der Waals surface area (Å²) in [6, 6.07) is 4.41. The van der Waals surface area contributed by atoms with Gasteiger partial charge in [0.05, 0.1) is 19.1 Å². The normalized spacial score (nSPS) is 18.1. The van der Waals surface area contributed by atoms with Crippen LogP contribution < -0.4 is 10.6 Å². The zero-order valence-corrected chi connectivity index (χ0v) is 10.6. The fraction of sp³-hybridized carbons (Fsp3) is 0.308. The Hall–Kier alpha value is -2.37. The van der Waals surface area contributed by atoms with Gasteiger partial charge >= 0.3 is 5.97 Å². The van der Waals surface area contributed by atoms with Crippen molar-refractivity contribution in [2.45, 2.75) is 19.4 Å². The number of amides is 2. The van der Waals surface area contributed by atoms with Crippen LogP contribution in [0.5, 0.6) is 0 Å². The number of carbonyl (C=O) groups is 3. The molecule has 2 N–H and O–H groups in total. The maximum absolute atomic E-state index is 11.5. The fourth-order valence-corrected chi connectivity index (χ4v) is 1.88. The Morgan fingerprint density at radius 2 is 2.16 bits per heavy atom. The van der Waals surface area contributed by atoms with Crippen molar-refractivity contribution in [2.24, 2.45) is 0 Å². The van der Waals surface area contributed by atoms with Gasteiger partial charge in [0.15, 0.2) is 0 Å². The Labute approximate surface area is 110 Å². The third-order valence-electron chi connectivity index (χ3n) is 2.96. The van der Waals surface area contributed by atoms with Gasteiger partial charge in [-0.2, -0.15) is 0 Å². The maximum atomic E-state index is 11.5. The van der Waals surface area contributed by atoms with E-state index in [0.29, 0.717) is 11.3 Å². The molecule has 19 heavy (non-hydrogen) atoms. The van der Waals surface area contributed by atoms with E-state index in [9.17, 15) is 14.4 Å². The van der Waals surface area contributed by atoms with Crippen molar-refractivity contribution >= 4 is 23.5 Å². The van der Waals surface area contributed by atoms with Crippen LogP contribution in [-0.4, -0.2) is 30.9 Å². The number of hydrogen-bond donors (Lipinski definition) is 2. The number of carbonyl (C=O) groups excluding carboxylic acids is 3. The van der Waals surface area contributed by atoms with Gasteiger partial charge < -0.3 is 10.1 Å². The van der Waals surface area contributed by atoms with Gasteiger partial charge in [0.1, 0.15) is 6.04 Å². The lowest BCUT2D eigenvalue weighted by molar-refractivity contribution is -0.124. The van der Waals surface area contributed by atoms with E-state index in [4.69, 9.17) is 0 Å². The highest BCUT2D eigenvalue weighted by Gasteiger charge is 2.30. The third kappa shape index (κ3) is 2.73. The smallest absolute Gasteiger partial charge is 0.337 e. The van der Waals surface area contributed by atoms with Gasteiger partial charge in [-0.15, -0.1) is 0 Å². The highest BCUT2D eigenvalue weighted by Crippen LogP contribution is 2.20. The molecule has 1 unspecified atom stereocenters. The van der Waals surface area contributed by atoms with Gasteiger partial charge in [0, 0.05) is 5.69 Å². The van der Waals surface area contributed by atoms with Crippen LogP contribution in [0.15, 0.2) is 18.2 Å². The molecule has 0 saturated carbocycles. The molecule has 0 bridgehead atoms. The van der Waals surface area contributed by atoms with Crippen LogP contribution in [0.1, 0.15) is 22.3 Å². The Bertz CT molecular complexity index is 554. The van der Waals surface area contributed by atoms with E-state index in [1.807, 2.05) is 6.92 Å². The molecular weight excluding hydrogens is 248 g/mol. The maximum Gasteiger partial charge on any atom is 0.337 e.